The second kappa shape index (κ2) is 10.3. The fraction of sp³-hybridized carbons (Fsp3) is 0.158. The molecule has 0 fully saturated rings. The molecule has 1 aromatic heterocycles. The molecule has 0 bridgehead atoms. The minimum absolute atomic E-state index is 0.0281. The molecule has 8 nitrogen and oxygen atoms in total. The van der Waals surface area contributed by atoms with Gasteiger partial charge < -0.3 is 9.15 Å². The number of hydrogen-bond acceptors (Lipinski definition) is 7. The molecule has 0 aliphatic carbocycles. The summed E-state index contributed by atoms with van der Waals surface area (Å²) >= 11 is 12.7. The lowest BCUT2D eigenvalue weighted by molar-refractivity contribution is -0.119. The molecule has 0 saturated heterocycles. The summed E-state index contributed by atoms with van der Waals surface area (Å²) in [5, 5.41) is 9.08. The molecule has 0 atom stereocenters. The van der Waals surface area contributed by atoms with Crippen LogP contribution in [0.3, 0.4) is 0 Å². The van der Waals surface area contributed by atoms with Gasteiger partial charge in [0, 0.05) is 15.6 Å². The fourth-order valence-corrected chi connectivity index (χ4v) is 3.17. The Morgan fingerprint density at radius 3 is 2.53 bits per heavy atom. The Labute approximate surface area is 186 Å². The summed E-state index contributed by atoms with van der Waals surface area (Å²) in [6.07, 6.45) is 0. The van der Waals surface area contributed by atoms with Crippen LogP contribution in [0.2, 0.25) is 10.0 Å². The third kappa shape index (κ3) is 6.38. The average molecular weight is 467 g/mol. The van der Waals surface area contributed by atoms with Gasteiger partial charge in [0.1, 0.15) is 5.75 Å². The van der Waals surface area contributed by atoms with Crippen LogP contribution in [0.15, 0.2) is 52.1 Å². The molecule has 0 radical (unpaired) electrons. The number of carbonyl (C=O) groups excluding carboxylic acids is 2. The number of nitrogens with one attached hydrogen (secondary N) is 2. The van der Waals surface area contributed by atoms with Crippen LogP contribution in [0.1, 0.15) is 21.8 Å². The highest BCUT2D eigenvalue weighted by molar-refractivity contribution is 7.99. The standard InChI is InChI=1S/C19H16Cl2N4O4S/c1-11-8-14(21)6-7-15(11)28-9-17-23-25-19(29-17)30-10-16(26)22-24-18(27)12-2-4-13(20)5-3-12/h2-8H,9-10H2,1H3,(H,22,26)(H,24,27). The molecular formula is C19H16Cl2N4O4S. The largest absolute Gasteiger partial charge is 0.484 e. The molecule has 2 aromatic carbocycles. The van der Waals surface area contributed by atoms with Gasteiger partial charge >= 0.3 is 0 Å². The Hall–Kier alpha value is -2.75. The van der Waals surface area contributed by atoms with Gasteiger partial charge in [-0.2, -0.15) is 0 Å². The highest BCUT2D eigenvalue weighted by atomic mass is 35.5. The number of hydrogen-bond donors (Lipinski definition) is 2. The minimum Gasteiger partial charge on any atom is -0.484 e. The van der Waals surface area contributed by atoms with Crippen molar-refractivity contribution in [1.29, 1.82) is 0 Å². The fourth-order valence-electron chi connectivity index (χ4n) is 2.23. The number of rotatable bonds is 7. The first-order valence-corrected chi connectivity index (χ1v) is 10.3. The molecule has 0 unspecified atom stereocenters. The summed E-state index contributed by atoms with van der Waals surface area (Å²) in [6.45, 7) is 1.96. The van der Waals surface area contributed by atoms with Crippen molar-refractivity contribution in [1.82, 2.24) is 21.0 Å². The van der Waals surface area contributed by atoms with Crippen LogP contribution in [0, 0.1) is 6.92 Å². The molecule has 3 aromatic rings. The number of amides is 2. The van der Waals surface area contributed by atoms with E-state index < -0.39 is 11.8 Å². The zero-order valence-electron chi connectivity index (χ0n) is 15.6. The second-order valence-corrected chi connectivity index (χ2v) is 7.76. The van der Waals surface area contributed by atoms with Crippen molar-refractivity contribution in [2.24, 2.45) is 0 Å². The highest BCUT2D eigenvalue weighted by Crippen LogP contribution is 2.23. The summed E-state index contributed by atoms with van der Waals surface area (Å²) < 4.78 is 11.1. The van der Waals surface area contributed by atoms with Crippen LogP contribution >= 0.6 is 35.0 Å². The molecule has 0 aliphatic heterocycles. The van der Waals surface area contributed by atoms with Gasteiger partial charge in [0.05, 0.1) is 5.75 Å². The van der Waals surface area contributed by atoms with E-state index in [4.69, 9.17) is 32.4 Å². The molecular weight excluding hydrogens is 451 g/mol. The molecule has 30 heavy (non-hydrogen) atoms. The zero-order chi connectivity index (χ0) is 21.5. The van der Waals surface area contributed by atoms with Crippen molar-refractivity contribution in [3.05, 3.63) is 69.5 Å². The molecule has 0 spiro atoms. The summed E-state index contributed by atoms with van der Waals surface area (Å²) in [5.74, 6) is 0.000375. The van der Waals surface area contributed by atoms with Crippen LogP contribution in [-0.2, 0) is 11.4 Å². The van der Waals surface area contributed by atoms with Crippen molar-refractivity contribution in [2.45, 2.75) is 18.8 Å². The van der Waals surface area contributed by atoms with Gasteiger partial charge in [0.2, 0.25) is 5.91 Å². The Morgan fingerprint density at radius 1 is 1.07 bits per heavy atom. The summed E-state index contributed by atoms with van der Waals surface area (Å²) in [4.78, 5) is 23.8. The summed E-state index contributed by atoms with van der Waals surface area (Å²) in [5.41, 5.74) is 5.88. The molecule has 0 saturated carbocycles. The number of aromatic nitrogens is 2. The number of benzene rings is 2. The van der Waals surface area contributed by atoms with E-state index in [2.05, 4.69) is 21.0 Å². The maximum atomic E-state index is 11.9. The molecule has 0 aliphatic rings. The Balaban J connectivity index is 1.41. The van der Waals surface area contributed by atoms with Gasteiger partial charge in [0.15, 0.2) is 6.61 Å². The van der Waals surface area contributed by atoms with E-state index in [1.807, 2.05) is 6.92 Å². The van der Waals surface area contributed by atoms with Gasteiger partial charge in [-0.25, -0.2) is 0 Å². The predicted molar refractivity (Wildman–Crippen MR) is 113 cm³/mol. The highest BCUT2D eigenvalue weighted by Gasteiger charge is 2.12. The minimum atomic E-state index is -0.459. The molecule has 11 heteroatoms. The normalized spacial score (nSPS) is 10.5. The van der Waals surface area contributed by atoms with Crippen LogP contribution < -0.4 is 15.6 Å². The first-order valence-electron chi connectivity index (χ1n) is 8.59. The SMILES string of the molecule is Cc1cc(Cl)ccc1OCc1nnc(SCC(=O)NNC(=O)c2ccc(Cl)cc2)o1. The number of hydrazine groups is 1. The van der Waals surface area contributed by atoms with Crippen LogP contribution in [-0.4, -0.2) is 27.8 Å². The number of aryl methyl sites for hydroxylation is 1. The monoisotopic (exact) mass is 466 g/mol. The first-order chi connectivity index (χ1) is 14.4. The van der Waals surface area contributed by atoms with E-state index in [1.165, 1.54) is 0 Å². The quantitative estimate of drug-likeness (QED) is 0.402. The van der Waals surface area contributed by atoms with E-state index in [1.54, 1.807) is 42.5 Å². The lowest BCUT2D eigenvalue weighted by Crippen LogP contribution is -2.42. The predicted octanol–water partition coefficient (Wildman–Crippen LogP) is 3.82. The third-order valence-corrected chi connectivity index (χ3v) is 4.99. The Morgan fingerprint density at radius 2 is 1.80 bits per heavy atom. The smallest absolute Gasteiger partial charge is 0.277 e. The van der Waals surface area contributed by atoms with Crippen LogP contribution in [0.25, 0.3) is 0 Å². The van der Waals surface area contributed by atoms with Gasteiger partial charge in [-0.3, -0.25) is 20.4 Å². The van der Waals surface area contributed by atoms with Gasteiger partial charge in [-0.1, -0.05) is 35.0 Å². The molecule has 1 heterocycles. The maximum Gasteiger partial charge on any atom is 0.277 e. The second-order valence-electron chi connectivity index (χ2n) is 5.96. The summed E-state index contributed by atoms with van der Waals surface area (Å²) in [7, 11) is 0. The van der Waals surface area contributed by atoms with Gasteiger partial charge in [-0.15, -0.1) is 10.2 Å². The summed E-state index contributed by atoms with van der Waals surface area (Å²) in [6, 6.07) is 11.5. The van der Waals surface area contributed by atoms with E-state index in [-0.39, 0.29) is 23.5 Å². The number of carbonyl (C=O) groups is 2. The van der Waals surface area contributed by atoms with Crippen LogP contribution in [0.5, 0.6) is 5.75 Å². The number of nitrogens with zero attached hydrogens (tertiary/aromatic N) is 2. The molecule has 2 amide bonds. The lowest BCUT2D eigenvalue weighted by atomic mass is 10.2. The topological polar surface area (TPSA) is 106 Å². The van der Waals surface area contributed by atoms with E-state index >= 15 is 0 Å². The van der Waals surface area contributed by atoms with Crippen molar-refractivity contribution < 1.29 is 18.7 Å². The first kappa shape index (κ1) is 21.9. The van der Waals surface area contributed by atoms with Crippen LogP contribution in [0.4, 0.5) is 0 Å². The molecule has 3 rings (SSSR count). The number of thioether (sulfide) groups is 1. The lowest BCUT2D eigenvalue weighted by Gasteiger charge is -2.07. The van der Waals surface area contributed by atoms with Crippen molar-refractivity contribution in [3.8, 4) is 5.75 Å². The molecule has 156 valence electrons. The van der Waals surface area contributed by atoms with Crippen molar-refractivity contribution >= 4 is 46.8 Å². The number of ether oxygens (including phenoxy) is 1. The van der Waals surface area contributed by atoms with Gasteiger partial charge in [-0.05, 0) is 55.0 Å². The zero-order valence-corrected chi connectivity index (χ0v) is 18.0. The van der Waals surface area contributed by atoms with Crippen molar-refractivity contribution in [2.75, 3.05) is 5.75 Å². The van der Waals surface area contributed by atoms with E-state index in [0.717, 1.165) is 17.3 Å². The maximum absolute atomic E-state index is 11.9. The molecule has 2 N–H and O–H groups in total. The Kier molecular flexibility index (Phi) is 7.56. The number of halogens is 2. The van der Waals surface area contributed by atoms with E-state index in [9.17, 15) is 9.59 Å². The average Bonchev–Trinajstić information content (AvgIpc) is 3.18. The van der Waals surface area contributed by atoms with Gasteiger partial charge in [0.25, 0.3) is 17.0 Å². The Bertz CT molecular complexity index is 1040. The van der Waals surface area contributed by atoms with Crippen molar-refractivity contribution in [3.63, 3.8) is 0 Å². The third-order valence-electron chi connectivity index (χ3n) is 3.69. The van der Waals surface area contributed by atoms with E-state index in [0.29, 0.717) is 21.4 Å².